The van der Waals surface area contributed by atoms with Crippen molar-refractivity contribution in [1.82, 2.24) is 0 Å². The average molecular weight is 135 g/mol. The normalized spacial score (nSPS) is 12.0. The zero-order valence-electron chi connectivity index (χ0n) is 5.18. The van der Waals surface area contributed by atoms with E-state index in [4.69, 9.17) is 5.11 Å². The van der Waals surface area contributed by atoms with E-state index in [0.717, 1.165) is 0 Å². The van der Waals surface area contributed by atoms with Gasteiger partial charge in [0.15, 0.2) is 0 Å². The smallest absolute Gasteiger partial charge is 0.0600 e. The topological polar surface area (TPSA) is 40.1 Å². The maximum absolute atomic E-state index is 9.78. The quantitative estimate of drug-likeness (QED) is 0.591. The molecular formula is C5H11O2S. The third-order valence-electron chi connectivity index (χ3n) is 0.797. The lowest BCUT2D eigenvalue weighted by Gasteiger charge is -2.14. The van der Waals surface area contributed by atoms with Gasteiger partial charge in [-0.05, 0) is 20.3 Å². The summed E-state index contributed by atoms with van der Waals surface area (Å²) in [6.45, 7) is 3.40. The maximum atomic E-state index is 9.78. The highest BCUT2D eigenvalue weighted by Crippen LogP contribution is 2.10. The molecule has 0 rings (SSSR count). The minimum absolute atomic E-state index is 0.490. The summed E-state index contributed by atoms with van der Waals surface area (Å²) < 4.78 is 9.78. The number of aliphatic hydroxyl groups is 1. The zero-order valence-corrected chi connectivity index (χ0v) is 5.99. The lowest BCUT2D eigenvalue weighted by molar-refractivity contribution is 0.0774. The summed E-state index contributed by atoms with van der Waals surface area (Å²) in [5.74, 6) is 0.490. The van der Waals surface area contributed by atoms with Gasteiger partial charge in [0.1, 0.15) is 0 Å². The van der Waals surface area contributed by atoms with E-state index in [9.17, 15) is 4.55 Å². The fourth-order valence-electron chi connectivity index (χ4n) is 0.291. The molecule has 3 heteroatoms. The van der Waals surface area contributed by atoms with Crippen LogP contribution in [0.3, 0.4) is 0 Å². The van der Waals surface area contributed by atoms with Crippen molar-refractivity contribution in [2.75, 3.05) is 5.75 Å². The highest BCUT2D eigenvalue weighted by Gasteiger charge is 2.10. The third kappa shape index (κ3) is 6.27. The molecule has 0 aromatic heterocycles. The Kier molecular flexibility index (Phi) is 3.44. The van der Waals surface area contributed by atoms with Gasteiger partial charge in [-0.15, -0.1) is 0 Å². The van der Waals surface area contributed by atoms with Gasteiger partial charge in [0.2, 0.25) is 0 Å². The standard InChI is InChI=1S/C5H11O2S/c1-5(2,6)3-4-8-7/h6H,3-4H2,1-2H3. The van der Waals surface area contributed by atoms with Crippen LogP contribution >= 0.6 is 12.0 Å². The van der Waals surface area contributed by atoms with E-state index < -0.39 is 5.60 Å². The van der Waals surface area contributed by atoms with Crippen molar-refractivity contribution in [3.63, 3.8) is 0 Å². The largest absolute Gasteiger partial charge is 0.390 e. The van der Waals surface area contributed by atoms with Gasteiger partial charge >= 0.3 is 0 Å². The summed E-state index contributed by atoms with van der Waals surface area (Å²) in [7, 11) is 0. The van der Waals surface area contributed by atoms with Crippen LogP contribution in [0.1, 0.15) is 20.3 Å². The molecule has 0 aromatic rings. The Balaban J connectivity index is 3.11. The zero-order chi connectivity index (χ0) is 6.62. The van der Waals surface area contributed by atoms with Crippen molar-refractivity contribution in [3.8, 4) is 0 Å². The average Bonchev–Trinajstić information content (AvgIpc) is 1.59. The second kappa shape index (κ2) is 3.33. The van der Waals surface area contributed by atoms with Gasteiger partial charge in [-0.1, -0.05) is 0 Å². The van der Waals surface area contributed by atoms with E-state index in [2.05, 4.69) is 0 Å². The molecule has 1 radical (unpaired) electrons. The highest BCUT2D eigenvalue weighted by atomic mass is 32.2. The summed E-state index contributed by atoms with van der Waals surface area (Å²) in [4.78, 5) is 0. The van der Waals surface area contributed by atoms with Crippen molar-refractivity contribution >= 4 is 12.0 Å². The van der Waals surface area contributed by atoms with E-state index >= 15 is 0 Å². The second-order valence-corrected chi connectivity index (χ2v) is 3.03. The van der Waals surface area contributed by atoms with E-state index in [1.165, 1.54) is 0 Å². The first-order valence-electron chi connectivity index (χ1n) is 2.53. The van der Waals surface area contributed by atoms with Gasteiger partial charge in [-0.2, -0.15) is 4.55 Å². The first-order valence-corrected chi connectivity index (χ1v) is 3.44. The molecular weight excluding hydrogens is 124 g/mol. The van der Waals surface area contributed by atoms with Gasteiger partial charge in [-0.25, -0.2) is 0 Å². The van der Waals surface area contributed by atoms with Crippen LogP contribution in [0.25, 0.3) is 0 Å². The molecule has 0 atom stereocenters. The van der Waals surface area contributed by atoms with Crippen LogP contribution in [-0.4, -0.2) is 16.5 Å². The molecule has 0 unspecified atom stereocenters. The summed E-state index contributed by atoms with van der Waals surface area (Å²) in [6.07, 6.45) is 0.571. The van der Waals surface area contributed by atoms with Crippen LogP contribution in [0.15, 0.2) is 0 Å². The summed E-state index contributed by atoms with van der Waals surface area (Å²) in [5, 5.41) is 9.00. The first-order chi connectivity index (χ1) is 3.56. The van der Waals surface area contributed by atoms with Crippen molar-refractivity contribution in [2.24, 2.45) is 0 Å². The monoisotopic (exact) mass is 135 g/mol. The van der Waals surface area contributed by atoms with Crippen LogP contribution in [0.2, 0.25) is 0 Å². The van der Waals surface area contributed by atoms with E-state index in [1.807, 2.05) is 0 Å². The van der Waals surface area contributed by atoms with Crippen LogP contribution in [0.5, 0.6) is 0 Å². The lowest BCUT2D eigenvalue weighted by atomic mass is 10.1. The van der Waals surface area contributed by atoms with Crippen molar-refractivity contribution in [3.05, 3.63) is 0 Å². The molecule has 0 amide bonds. The van der Waals surface area contributed by atoms with Crippen molar-refractivity contribution in [2.45, 2.75) is 25.9 Å². The minimum Gasteiger partial charge on any atom is -0.390 e. The SMILES string of the molecule is CC(C)(O)CCS[O]. The Hall–Kier alpha value is 0.270. The molecule has 0 saturated carbocycles. The fourth-order valence-corrected chi connectivity index (χ4v) is 0.874. The van der Waals surface area contributed by atoms with E-state index in [0.29, 0.717) is 24.2 Å². The molecule has 1 N–H and O–H groups in total. The first kappa shape index (κ1) is 8.27. The minimum atomic E-state index is -0.669. The summed E-state index contributed by atoms with van der Waals surface area (Å²) in [5.41, 5.74) is -0.669. The van der Waals surface area contributed by atoms with Crippen LogP contribution in [0, 0.1) is 0 Å². The predicted molar refractivity (Wildman–Crippen MR) is 34.1 cm³/mol. The molecule has 0 aliphatic rings. The van der Waals surface area contributed by atoms with Crippen molar-refractivity contribution in [1.29, 1.82) is 0 Å². The number of hydrogen-bond acceptors (Lipinski definition) is 2. The van der Waals surface area contributed by atoms with Gasteiger partial charge in [-0.3, -0.25) is 0 Å². The summed E-state index contributed by atoms with van der Waals surface area (Å²) in [6, 6.07) is 0. The van der Waals surface area contributed by atoms with Gasteiger partial charge in [0, 0.05) is 17.8 Å². The van der Waals surface area contributed by atoms with Crippen LogP contribution in [-0.2, 0) is 4.55 Å². The second-order valence-electron chi connectivity index (χ2n) is 2.38. The Bertz CT molecular complexity index is 57.9. The predicted octanol–water partition coefficient (Wildman–Crippen LogP) is 1.23. The van der Waals surface area contributed by atoms with Gasteiger partial charge < -0.3 is 5.11 Å². The Labute approximate surface area is 54.1 Å². The van der Waals surface area contributed by atoms with Crippen LogP contribution < -0.4 is 0 Å². The third-order valence-corrected chi connectivity index (χ3v) is 1.17. The molecule has 0 aliphatic carbocycles. The fraction of sp³-hybridized carbons (Fsp3) is 1.00. The molecule has 0 bridgehead atoms. The summed E-state index contributed by atoms with van der Waals surface area (Å²) >= 11 is 0.518. The molecule has 0 saturated heterocycles. The molecule has 0 aliphatic heterocycles. The molecule has 0 spiro atoms. The van der Waals surface area contributed by atoms with Gasteiger partial charge in [0.05, 0.1) is 5.60 Å². The maximum Gasteiger partial charge on any atom is 0.0600 e. The molecule has 8 heavy (non-hydrogen) atoms. The highest BCUT2D eigenvalue weighted by molar-refractivity contribution is 7.93. The van der Waals surface area contributed by atoms with Gasteiger partial charge in [0.25, 0.3) is 0 Å². The van der Waals surface area contributed by atoms with Crippen LogP contribution in [0.4, 0.5) is 0 Å². The molecule has 2 nitrogen and oxygen atoms in total. The Morgan fingerprint density at radius 1 is 1.62 bits per heavy atom. The molecule has 0 heterocycles. The number of hydrogen-bond donors (Lipinski definition) is 1. The molecule has 0 fully saturated rings. The van der Waals surface area contributed by atoms with Crippen molar-refractivity contribution < 1.29 is 9.66 Å². The molecule has 0 aromatic carbocycles. The van der Waals surface area contributed by atoms with E-state index in [-0.39, 0.29) is 0 Å². The Morgan fingerprint density at radius 3 is 2.25 bits per heavy atom. The lowest BCUT2D eigenvalue weighted by Crippen LogP contribution is -2.18. The molecule has 49 valence electrons. The van der Waals surface area contributed by atoms with E-state index in [1.54, 1.807) is 13.8 Å². The Morgan fingerprint density at radius 2 is 2.12 bits per heavy atom. The number of rotatable bonds is 3.